The Labute approximate surface area is 70.1 Å². The van der Waals surface area contributed by atoms with Gasteiger partial charge in [0, 0.05) is 17.5 Å². The van der Waals surface area contributed by atoms with Crippen molar-refractivity contribution >= 4 is 17.8 Å². The molecule has 1 aromatic rings. The van der Waals surface area contributed by atoms with Crippen LogP contribution in [0.15, 0.2) is 29.3 Å². The van der Waals surface area contributed by atoms with Gasteiger partial charge in [-0.15, -0.1) is 0 Å². The highest BCUT2D eigenvalue weighted by molar-refractivity contribution is 6.04. The van der Waals surface area contributed by atoms with E-state index in [1.54, 1.807) is 6.21 Å². The monoisotopic (exact) mass is 158 g/mol. The normalized spacial score (nSPS) is 14.8. The Hall–Kier alpha value is -1.64. The van der Waals surface area contributed by atoms with E-state index >= 15 is 0 Å². The molecule has 2 radical (unpaired) electrons. The van der Waals surface area contributed by atoms with E-state index < -0.39 is 0 Å². The third-order valence-electron chi connectivity index (χ3n) is 1.58. The molecule has 1 heterocycles. The number of aliphatic imine (C=N–C) groups is 1. The minimum atomic E-state index is -0.309. The molecule has 0 saturated heterocycles. The van der Waals surface area contributed by atoms with Gasteiger partial charge in [0.05, 0.1) is 0 Å². The zero-order valence-corrected chi connectivity index (χ0v) is 6.24. The van der Waals surface area contributed by atoms with Crippen LogP contribution >= 0.6 is 0 Å². The molecule has 3 heteroatoms. The number of carbonyl (C=O) groups excluding carboxylic acids is 1. The van der Waals surface area contributed by atoms with Crippen molar-refractivity contribution in [1.82, 2.24) is 0 Å². The molecule has 3 nitrogen and oxygen atoms in total. The van der Waals surface area contributed by atoms with Crippen LogP contribution in [0.5, 0.6) is 0 Å². The number of amides is 1. The number of hydrogen-bond donors (Lipinski definition) is 1. The second-order valence-corrected chi connectivity index (χ2v) is 2.41. The summed E-state index contributed by atoms with van der Waals surface area (Å²) in [5.41, 5.74) is 1.67. The van der Waals surface area contributed by atoms with Crippen molar-refractivity contribution < 1.29 is 4.79 Å². The van der Waals surface area contributed by atoms with Crippen LogP contribution in [-0.4, -0.2) is 12.1 Å². The Balaban J connectivity index is 2.48. The smallest absolute Gasteiger partial charge is 0.258 e. The van der Waals surface area contributed by atoms with E-state index in [0.29, 0.717) is 0 Å². The first-order valence-electron chi connectivity index (χ1n) is 3.55. The number of carbonyl (C=O) groups is 1. The molecule has 1 aromatic carbocycles. The highest BCUT2D eigenvalue weighted by atomic mass is 16.1. The lowest BCUT2D eigenvalue weighted by Crippen LogP contribution is -2.09. The van der Waals surface area contributed by atoms with E-state index in [-0.39, 0.29) is 5.91 Å². The fraction of sp³-hybridized carbons (Fsp3) is 0. The van der Waals surface area contributed by atoms with E-state index in [4.69, 9.17) is 0 Å². The van der Waals surface area contributed by atoms with Gasteiger partial charge in [-0.2, -0.15) is 0 Å². The van der Waals surface area contributed by atoms with Crippen molar-refractivity contribution in [2.24, 2.45) is 4.99 Å². The van der Waals surface area contributed by atoms with E-state index in [1.807, 2.05) is 24.3 Å². The average molecular weight is 158 g/mol. The van der Waals surface area contributed by atoms with E-state index in [2.05, 4.69) is 16.9 Å². The lowest BCUT2D eigenvalue weighted by Gasteiger charge is -2.01. The number of hydrogen-bond acceptors (Lipinski definition) is 2. The molecule has 58 valence electrons. The van der Waals surface area contributed by atoms with Crippen LogP contribution in [0.3, 0.4) is 0 Å². The van der Waals surface area contributed by atoms with E-state index in [0.717, 1.165) is 11.3 Å². The molecular formula is C9H6N2O. The molecule has 0 spiro atoms. The van der Waals surface area contributed by atoms with Gasteiger partial charge in [0.25, 0.3) is 5.91 Å². The predicted octanol–water partition coefficient (Wildman–Crippen LogP) is 1.10. The first-order valence-corrected chi connectivity index (χ1v) is 3.55. The highest BCUT2D eigenvalue weighted by Crippen LogP contribution is 2.14. The summed E-state index contributed by atoms with van der Waals surface area (Å²) in [6.45, 7) is 2.31. The SMILES string of the molecule is O=C1[C]N=Cc2ccccc2N1. The average Bonchev–Trinajstić information content (AvgIpc) is 2.25. The minimum Gasteiger partial charge on any atom is -0.323 e. The summed E-state index contributed by atoms with van der Waals surface area (Å²) in [5.74, 6) is -0.309. The van der Waals surface area contributed by atoms with Crippen LogP contribution in [0.4, 0.5) is 5.69 Å². The number of nitrogens with zero attached hydrogens (tertiary/aromatic N) is 1. The maximum absolute atomic E-state index is 10.9. The lowest BCUT2D eigenvalue weighted by atomic mass is 10.2. The zero-order chi connectivity index (χ0) is 8.39. The van der Waals surface area contributed by atoms with Crippen LogP contribution in [0.2, 0.25) is 0 Å². The molecule has 0 aromatic heterocycles. The number of para-hydroxylation sites is 1. The maximum atomic E-state index is 10.9. The molecule has 1 aliphatic rings. The number of rotatable bonds is 0. The van der Waals surface area contributed by atoms with Crippen LogP contribution in [0.25, 0.3) is 0 Å². The summed E-state index contributed by atoms with van der Waals surface area (Å²) in [6.07, 6.45) is 1.60. The molecule has 0 saturated carbocycles. The summed E-state index contributed by atoms with van der Waals surface area (Å²) < 4.78 is 0. The number of anilines is 1. The fourth-order valence-electron chi connectivity index (χ4n) is 1.03. The second kappa shape index (κ2) is 2.77. The first kappa shape index (κ1) is 7.03. The molecule has 1 aliphatic heterocycles. The summed E-state index contributed by atoms with van der Waals surface area (Å²) in [7, 11) is 0. The molecular weight excluding hydrogens is 152 g/mol. The van der Waals surface area contributed by atoms with Gasteiger partial charge in [-0.1, -0.05) is 18.2 Å². The maximum Gasteiger partial charge on any atom is 0.258 e. The highest BCUT2D eigenvalue weighted by Gasteiger charge is 2.08. The molecule has 0 aliphatic carbocycles. The largest absolute Gasteiger partial charge is 0.323 e. The predicted molar refractivity (Wildman–Crippen MR) is 45.9 cm³/mol. The number of benzene rings is 1. The lowest BCUT2D eigenvalue weighted by molar-refractivity contribution is -0.113. The van der Waals surface area contributed by atoms with Gasteiger partial charge in [0.15, 0.2) is 0 Å². The van der Waals surface area contributed by atoms with Gasteiger partial charge < -0.3 is 5.32 Å². The topological polar surface area (TPSA) is 41.5 Å². The summed E-state index contributed by atoms with van der Waals surface area (Å²) in [5, 5.41) is 2.65. The zero-order valence-electron chi connectivity index (χ0n) is 6.24. The van der Waals surface area contributed by atoms with Crippen LogP contribution in [-0.2, 0) is 4.79 Å². The van der Waals surface area contributed by atoms with Gasteiger partial charge in [-0.25, -0.2) is 0 Å². The Morgan fingerprint density at radius 3 is 3.08 bits per heavy atom. The van der Waals surface area contributed by atoms with Gasteiger partial charge >= 0.3 is 0 Å². The molecule has 0 bridgehead atoms. The Morgan fingerprint density at radius 2 is 2.17 bits per heavy atom. The Kier molecular flexibility index (Phi) is 1.63. The van der Waals surface area contributed by atoms with Gasteiger partial charge in [-0.3, -0.25) is 9.79 Å². The molecule has 0 unspecified atom stereocenters. The van der Waals surface area contributed by atoms with Gasteiger partial charge in [0.1, 0.15) is 0 Å². The quantitative estimate of drug-likeness (QED) is 0.603. The fourth-order valence-corrected chi connectivity index (χ4v) is 1.03. The van der Waals surface area contributed by atoms with Crippen molar-refractivity contribution in [3.63, 3.8) is 0 Å². The second-order valence-electron chi connectivity index (χ2n) is 2.41. The van der Waals surface area contributed by atoms with Crippen molar-refractivity contribution in [1.29, 1.82) is 0 Å². The Bertz CT molecular complexity index is 344. The van der Waals surface area contributed by atoms with E-state index in [9.17, 15) is 4.79 Å². The van der Waals surface area contributed by atoms with Gasteiger partial charge in [0.2, 0.25) is 6.54 Å². The molecule has 0 fully saturated rings. The van der Waals surface area contributed by atoms with Crippen molar-refractivity contribution in [3.8, 4) is 0 Å². The van der Waals surface area contributed by atoms with Crippen molar-refractivity contribution in [2.45, 2.75) is 0 Å². The van der Waals surface area contributed by atoms with E-state index in [1.165, 1.54) is 0 Å². The van der Waals surface area contributed by atoms with Crippen LogP contribution in [0, 0.1) is 6.54 Å². The standard InChI is InChI=1S/C9H6N2O/c12-9-6-10-5-7-3-1-2-4-8(7)11-9/h1-5H,(H,11,12). The first-order chi connectivity index (χ1) is 5.86. The molecule has 1 amide bonds. The number of fused-ring (bicyclic) bond motifs is 1. The number of benzodiazepines with no additional fused rings is 1. The molecule has 2 rings (SSSR count). The third kappa shape index (κ3) is 1.21. The van der Waals surface area contributed by atoms with Crippen molar-refractivity contribution in [3.05, 3.63) is 36.4 Å². The molecule has 1 N–H and O–H groups in total. The molecule has 12 heavy (non-hydrogen) atoms. The van der Waals surface area contributed by atoms with Crippen LogP contribution < -0.4 is 5.32 Å². The van der Waals surface area contributed by atoms with Crippen molar-refractivity contribution in [2.75, 3.05) is 5.32 Å². The minimum absolute atomic E-state index is 0.309. The molecule has 0 atom stereocenters. The summed E-state index contributed by atoms with van der Waals surface area (Å²) in [6, 6.07) is 7.46. The summed E-state index contributed by atoms with van der Waals surface area (Å²) in [4.78, 5) is 14.6. The van der Waals surface area contributed by atoms with Gasteiger partial charge in [-0.05, 0) is 6.07 Å². The number of nitrogens with one attached hydrogen (secondary N) is 1. The van der Waals surface area contributed by atoms with Crippen LogP contribution in [0.1, 0.15) is 5.56 Å². The summed E-state index contributed by atoms with van der Waals surface area (Å²) >= 11 is 0. The third-order valence-corrected chi connectivity index (χ3v) is 1.58. The Morgan fingerprint density at radius 1 is 1.33 bits per heavy atom.